The number of guanidine groups is 1. The number of hydrogen-bond acceptors (Lipinski definition) is 3. The Bertz CT molecular complexity index is 355. The molecule has 0 heterocycles. The molecule has 0 bridgehead atoms. The first-order valence-corrected chi connectivity index (χ1v) is 7.47. The number of aliphatic imine (C=N–C) groups is 1. The van der Waals surface area contributed by atoms with Gasteiger partial charge in [0.2, 0.25) is 0 Å². The summed E-state index contributed by atoms with van der Waals surface area (Å²) in [5.74, 6) is 0.393. The van der Waals surface area contributed by atoms with Crippen molar-refractivity contribution in [2.45, 2.75) is 59.0 Å². The van der Waals surface area contributed by atoms with Crippen molar-refractivity contribution in [2.24, 2.45) is 10.4 Å². The molecule has 6 heteroatoms. The lowest BCUT2D eigenvalue weighted by atomic mass is 9.67. The van der Waals surface area contributed by atoms with Gasteiger partial charge in [-0.3, -0.25) is 9.79 Å². The van der Waals surface area contributed by atoms with Gasteiger partial charge in [-0.2, -0.15) is 0 Å². The van der Waals surface area contributed by atoms with E-state index in [-0.39, 0.29) is 36.5 Å². The largest absolute Gasteiger partial charge is 0.459 e. The zero-order valence-electron chi connectivity index (χ0n) is 13.9. The SMILES string of the molecule is CCC1(CNC(=NC)NCC(=O)OC(C)(C)C)CCC1.I. The molecule has 0 amide bonds. The average Bonchev–Trinajstić information content (AvgIpc) is 2.29. The predicted molar refractivity (Wildman–Crippen MR) is 97.2 cm³/mol. The van der Waals surface area contributed by atoms with Gasteiger partial charge in [-0.25, -0.2) is 0 Å². The van der Waals surface area contributed by atoms with E-state index in [0.29, 0.717) is 11.4 Å². The van der Waals surface area contributed by atoms with Crippen LogP contribution in [0.4, 0.5) is 0 Å². The van der Waals surface area contributed by atoms with Crippen LogP contribution in [0.2, 0.25) is 0 Å². The summed E-state index contributed by atoms with van der Waals surface area (Å²) < 4.78 is 5.25. The topological polar surface area (TPSA) is 62.7 Å². The van der Waals surface area contributed by atoms with E-state index in [1.165, 1.54) is 25.7 Å². The first-order chi connectivity index (χ1) is 9.30. The molecule has 1 saturated carbocycles. The van der Waals surface area contributed by atoms with Gasteiger partial charge in [0, 0.05) is 13.6 Å². The number of halogens is 1. The van der Waals surface area contributed by atoms with Crippen molar-refractivity contribution in [1.82, 2.24) is 10.6 Å². The normalized spacial score (nSPS) is 17.3. The molecular formula is C15H30IN3O2. The first-order valence-electron chi connectivity index (χ1n) is 7.47. The van der Waals surface area contributed by atoms with Crippen LogP contribution < -0.4 is 10.6 Å². The molecule has 0 aromatic rings. The molecule has 21 heavy (non-hydrogen) atoms. The molecule has 0 unspecified atom stereocenters. The van der Waals surface area contributed by atoms with E-state index < -0.39 is 5.60 Å². The van der Waals surface area contributed by atoms with Gasteiger partial charge in [0.1, 0.15) is 12.1 Å². The molecule has 1 aliphatic rings. The number of nitrogens with zero attached hydrogens (tertiary/aromatic N) is 1. The van der Waals surface area contributed by atoms with Crippen LogP contribution in [-0.4, -0.2) is 37.7 Å². The van der Waals surface area contributed by atoms with E-state index in [1.54, 1.807) is 7.05 Å². The van der Waals surface area contributed by atoms with E-state index in [0.717, 1.165) is 6.54 Å². The Kier molecular flexibility index (Phi) is 8.58. The highest BCUT2D eigenvalue weighted by atomic mass is 127. The molecule has 0 aromatic carbocycles. The van der Waals surface area contributed by atoms with Crippen molar-refractivity contribution in [1.29, 1.82) is 0 Å². The van der Waals surface area contributed by atoms with Gasteiger partial charge in [0.15, 0.2) is 5.96 Å². The van der Waals surface area contributed by atoms with Crippen molar-refractivity contribution < 1.29 is 9.53 Å². The van der Waals surface area contributed by atoms with Gasteiger partial charge in [0.25, 0.3) is 0 Å². The summed E-state index contributed by atoms with van der Waals surface area (Å²) in [7, 11) is 1.71. The van der Waals surface area contributed by atoms with Crippen LogP contribution >= 0.6 is 24.0 Å². The summed E-state index contributed by atoms with van der Waals surface area (Å²) in [4.78, 5) is 15.8. The fourth-order valence-electron chi connectivity index (χ4n) is 2.36. The van der Waals surface area contributed by atoms with E-state index in [1.807, 2.05) is 20.8 Å². The van der Waals surface area contributed by atoms with Crippen molar-refractivity contribution >= 4 is 35.9 Å². The maximum absolute atomic E-state index is 11.6. The second-order valence-corrected chi connectivity index (χ2v) is 6.57. The Hall–Kier alpha value is -0.530. The highest BCUT2D eigenvalue weighted by Gasteiger charge is 2.34. The Morgan fingerprint density at radius 3 is 2.29 bits per heavy atom. The van der Waals surface area contributed by atoms with Crippen LogP contribution in [0.25, 0.3) is 0 Å². The Morgan fingerprint density at radius 2 is 1.90 bits per heavy atom. The highest BCUT2D eigenvalue weighted by molar-refractivity contribution is 14.0. The fourth-order valence-corrected chi connectivity index (χ4v) is 2.36. The Labute approximate surface area is 145 Å². The molecular weight excluding hydrogens is 381 g/mol. The maximum atomic E-state index is 11.6. The number of esters is 1. The van der Waals surface area contributed by atoms with Crippen LogP contribution in [0, 0.1) is 5.41 Å². The molecule has 5 nitrogen and oxygen atoms in total. The summed E-state index contributed by atoms with van der Waals surface area (Å²) in [5.41, 5.74) is -0.0303. The number of ether oxygens (including phenoxy) is 1. The third kappa shape index (κ3) is 7.33. The molecule has 1 rings (SSSR count). The van der Waals surface area contributed by atoms with Crippen LogP contribution in [-0.2, 0) is 9.53 Å². The average molecular weight is 411 g/mol. The van der Waals surface area contributed by atoms with Crippen LogP contribution in [0.1, 0.15) is 53.4 Å². The molecule has 0 aromatic heterocycles. The monoisotopic (exact) mass is 411 g/mol. The summed E-state index contributed by atoms with van der Waals surface area (Å²) >= 11 is 0. The number of nitrogens with one attached hydrogen (secondary N) is 2. The highest BCUT2D eigenvalue weighted by Crippen LogP contribution is 2.42. The quantitative estimate of drug-likeness (QED) is 0.316. The lowest BCUT2D eigenvalue weighted by Crippen LogP contribution is -2.47. The number of carbonyl (C=O) groups is 1. The second-order valence-electron chi connectivity index (χ2n) is 6.57. The molecule has 1 fully saturated rings. The van der Waals surface area contributed by atoms with Crippen LogP contribution in [0.3, 0.4) is 0 Å². The third-order valence-electron chi connectivity index (χ3n) is 3.84. The molecule has 2 N–H and O–H groups in total. The number of rotatable bonds is 5. The lowest BCUT2D eigenvalue weighted by molar-refractivity contribution is -0.153. The summed E-state index contributed by atoms with van der Waals surface area (Å²) in [5, 5.41) is 6.31. The molecule has 0 radical (unpaired) electrons. The lowest BCUT2D eigenvalue weighted by Gasteiger charge is -2.41. The Balaban J connectivity index is 0.00000400. The van der Waals surface area contributed by atoms with Crippen LogP contribution in [0.15, 0.2) is 4.99 Å². The van der Waals surface area contributed by atoms with Gasteiger partial charge < -0.3 is 15.4 Å². The van der Waals surface area contributed by atoms with Crippen molar-refractivity contribution in [3.8, 4) is 0 Å². The van der Waals surface area contributed by atoms with E-state index in [9.17, 15) is 4.79 Å². The van der Waals surface area contributed by atoms with Crippen molar-refractivity contribution in [3.05, 3.63) is 0 Å². The van der Waals surface area contributed by atoms with Gasteiger partial charge in [-0.15, -0.1) is 24.0 Å². The van der Waals surface area contributed by atoms with Gasteiger partial charge in [0.05, 0.1) is 0 Å². The van der Waals surface area contributed by atoms with Crippen LogP contribution in [0.5, 0.6) is 0 Å². The van der Waals surface area contributed by atoms with E-state index >= 15 is 0 Å². The number of carbonyl (C=O) groups excluding carboxylic acids is 1. The van der Waals surface area contributed by atoms with Crippen molar-refractivity contribution in [3.63, 3.8) is 0 Å². The maximum Gasteiger partial charge on any atom is 0.325 e. The standard InChI is InChI=1S/C15H29N3O2.HI/c1-6-15(8-7-9-15)11-18-13(16-5)17-10-12(19)20-14(2,3)4;/h6-11H2,1-5H3,(H2,16,17,18);1H. The molecule has 0 atom stereocenters. The fraction of sp³-hybridized carbons (Fsp3) is 0.867. The zero-order valence-corrected chi connectivity index (χ0v) is 16.2. The summed E-state index contributed by atoms with van der Waals surface area (Å²) in [6.45, 7) is 8.87. The second kappa shape index (κ2) is 8.80. The minimum atomic E-state index is -0.450. The molecule has 1 aliphatic carbocycles. The smallest absolute Gasteiger partial charge is 0.325 e. The Morgan fingerprint density at radius 1 is 1.29 bits per heavy atom. The molecule has 0 saturated heterocycles. The van der Waals surface area contributed by atoms with Gasteiger partial charge in [-0.05, 0) is 45.4 Å². The molecule has 124 valence electrons. The third-order valence-corrected chi connectivity index (χ3v) is 3.84. The zero-order chi connectivity index (χ0) is 15.2. The molecule has 0 aliphatic heterocycles. The van der Waals surface area contributed by atoms with Gasteiger partial charge in [-0.1, -0.05) is 13.3 Å². The summed E-state index contributed by atoms with van der Waals surface area (Å²) in [6.07, 6.45) is 5.06. The van der Waals surface area contributed by atoms with Gasteiger partial charge >= 0.3 is 5.97 Å². The first kappa shape index (κ1) is 20.5. The minimum absolute atomic E-state index is 0. The van der Waals surface area contributed by atoms with E-state index in [2.05, 4.69) is 22.5 Å². The summed E-state index contributed by atoms with van der Waals surface area (Å²) in [6, 6.07) is 0. The minimum Gasteiger partial charge on any atom is -0.459 e. The van der Waals surface area contributed by atoms with Crippen molar-refractivity contribution in [2.75, 3.05) is 20.1 Å². The molecule has 0 spiro atoms. The predicted octanol–water partition coefficient (Wildman–Crippen LogP) is 2.69. The van der Waals surface area contributed by atoms with E-state index in [4.69, 9.17) is 4.74 Å². The number of hydrogen-bond donors (Lipinski definition) is 2.